The van der Waals surface area contributed by atoms with Crippen molar-refractivity contribution in [1.82, 2.24) is 10.5 Å². The van der Waals surface area contributed by atoms with Gasteiger partial charge in [0.2, 0.25) is 0 Å². The van der Waals surface area contributed by atoms with Crippen molar-refractivity contribution in [3.63, 3.8) is 0 Å². The zero-order valence-electron chi connectivity index (χ0n) is 16.0. The van der Waals surface area contributed by atoms with Crippen LogP contribution in [-0.2, 0) is 6.42 Å². The van der Waals surface area contributed by atoms with E-state index in [9.17, 15) is 0 Å². The minimum atomic E-state index is 0. The van der Waals surface area contributed by atoms with Gasteiger partial charge < -0.3 is 24.6 Å². The third kappa shape index (κ3) is 5.75. The van der Waals surface area contributed by atoms with Gasteiger partial charge in [0.25, 0.3) is 0 Å². The standard InChI is InChI=1S/C19H26N4O3.HI/c1-4-20-19(21-9-8-16-13(2)23-26-14(16)3)22-15-6-7-17-18(12-15)25-11-5-10-24-17;/h6-7,12H,4-5,8-11H2,1-3H3,(H2,20,21,22);1H. The smallest absolute Gasteiger partial charge is 0.195 e. The summed E-state index contributed by atoms with van der Waals surface area (Å²) < 4.78 is 16.6. The second-order valence-electron chi connectivity index (χ2n) is 6.15. The topological polar surface area (TPSA) is 80.9 Å². The first kappa shape index (κ1) is 21.3. The molecule has 0 fully saturated rings. The molecule has 27 heavy (non-hydrogen) atoms. The molecule has 0 atom stereocenters. The first-order valence-corrected chi connectivity index (χ1v) is 9.04. The molecule has 2 heterocycles. The Bertz CT molecular complexity index is 757. The van der Waals surface area contributed by atoms with Crippen molar-refractivity contribution in [1.29, 1.82) is 0 Å². The van der Waals surface area contributed by atoms with Crippen LogP contribution in [0.5, 0.6) is 11.5 Å². The number of aromatic nitrogens is 1. The van der Waals surface area contributed by atoms with Gasteiger partial charge in [0.1, 0.15) is 5.76 Å². The van der Waals surface area contributed by atoms with E-state index in [1.165, 1.54) is 0 Å². The van der Waals surface area contributed by atoms with Crippen molar-refractivity contribution in [2.24, 2.45) is 4.99 Å². The highest BCUT2D eigenvalue weighted by atomic mass is 127. The van der Waals surface area contributed by atoms with E-state index >= 15 is 0 Å². The highest BCUT2D eigenvalue weighted by molar-refractivity contribution is 14.0. The van der Waals surface area contributed by atoms with Gasteiger partial charge in [-0.1, -0.05) is 5.16 Å². The fourth-order valence-electron chi connectivity index (χ4n) is 2.82. The number of hydrogen-bond acceptors (Lipinski definition) is 5. The highest BCUT2D eigenvalue weighted by Gasteiger charge is 2.12. The number of aryl methyl sites for hydroxylation is 2. The first-order chi connectivity index (χ1) is 12.7. The predicted octanol–water partition coefficient (Wildman–Crippen LogP) is 3.69. The zero-order chi connectivity index (χ0) is 18.4. The molecule has 1 aromatic carbocycles. The van der Waals surface area contributed by atoms with Crippen LogP contribution in [0.3, 0.4) is 0 Å². The van der Waals surface area contributed by atoms with Gasteiger partial charge in [-0.25, -0.2) is 0 Å². The summed E-state index contributed by atoms with van der Waals surface area (Å²) in [7, 11) is 0. The molecule has 0 radical (unpaired) electrons. The number of aliphatic imine (C=N–C) groups is 1. The average molecular weight is 486 g/mol. The van der Waals surface area contributed by atoms with Crippen LogP contribution in [0.1, 0.15) is 30.4 Å². The van der Waals surface area contributed by atoms with E-state index < -0.39 is 0 Å². The van der Waals surface area contributed by atoms with Crippen molar-refractivity contribution in [2.45, 2.75) is 33.6 Å². The number of guanidine groups is 1. The lowest BCUT2D eigenvalue weighted by Crippen LogP contribution is -2.30. The van der Waals surface area contributed by atoms with E-state index in [-0.39, 0.29) is 24.0 Å². The normalized spacial score (nSPS) is 13.5. The minimum absolute atomic E-state index is 0. The van der Waals surface area contributed by atoms with Gasteiger partial charge in [0, 0.05) is 36.8 Å². The Morgan fingerprint density at radius 2 is 1.96 bits per heavy atom. The molecule has 2 N–H and O–H groups in total. The van der Waals surface area contributed by atoms with Crippen LogP contribution in [-0.4, -0.2) is 37.4 Å². The molecule has 0 bridgehead atoms. The molecular formula is C19H27IN4O3. The molecule has 148 valence electrons. The number of rotatable bonds is 5. The summed E-state index contributed by atoms with van der Waals surface area (Å²) >= 11 is 0. The van der Waals surface area contributed by atoms with Gasteiger partial charge in [-0.05, 0) is 39.3 Å². The van der Waals surface area contributed by atoms with Crippen LogP contribution in [0.2, 0.25) is 0 Å². The highest BCUT2D eigenvalue weighted by Crippen LogP contribution is 2.32. The maximum absolute atomic E-state index is 5.74. The average Bonchev–Trinajstić information content (AvgIpc) is 2.83. The lowest BCUT2D eigenvalue weighted by Gasteiger charge is -2.13. The second kappa shape index (κ2) is 10.4. The molecule has 8 heteroatoms. The Labute approximate surface area is 176 Å². The predicted molar refractivity (Wildman–Crippen MR) is 117 cm³/mol. The molecule has 0 spiro atoms. The summed E-state index contributed by atoms with van der Waals surface area (Å²) in [6.07, 6.45) is 1.68. The molecule has 0 amide bonds. The molecule has 1 aliphatic heterocycles. The minimum Gasteiger partial charge on any atom is -0.490 e. The van der Waals surface area contributed by atoms with E-state index in [4.69, 9.17) is 14.0 Å². The molecule has 0 saturated carbocycles. The molecular weight excluding hydrogens is 459 g/mol. The summed E-state index contributed by atoms with van der Waals surface area (Å²) in [5.41, 5.74) is 2.96. The van der Waals surface area contributed by atoms with E-state index in [0.717, 1.165) is 59.5 Å². The number of benzene rings is 1. The molecule has 0 aliphatic carbocycles. The van der Waals surface area contributed by atoms with Gasteiger partial charge in [0.15, 0.2) is 17.5 Å². The van der Waals surface area contributed by atoms with Crippen LogP contribution in [0.25, 0.3) is 0 Å². The number of anilines is 1. The molecule has 1 aliphatic rings. The summed E-state index contributed by atoms with van der Waals surface area (Å²) in [5, 5.41) is 10.6. The van der Waals surface area contributed by atoms with Crippen LogP contribution in [0, 0.1) is 13.8 Å². The van der Waals surface area contributed by atoms with Crippen molar-refractivity contribution in [3.8, 4) is 11.5 Å². The third-order valence-electron chi connectivity index (χ3n) is 4.17. The number of nitrogens with zero attached hydrogens (tertiary/aromatic N) is 2. The zero-order valence-corrected chi connectivity index (χ0v) is 18.3. The van der Waals surface area contributed by atoms with Crippen molar-refractivity contribution >= 4 is 35.6 Å². The van der Waals surface area contributed by atoms with Gasteiger partial charge in [-0.2, -0.15) is 0 Å². The van der Waals surface area contributed by atoms with Crippen LogP contribution in [0.15, 0.2) is 27.7 Å². The number of nitrogens with one attached hydrogen (secondary N) is 2. The van der Waals surface area contributed by atoms with Crippen molar-refractivity contribution in [3.05, 3.63) is 35.2 Å². The van der Waals surface area contributed by atoms with Crippen molar-refractivity contribution in [2.75, 3.05) is 31.6 Å². The van der Waals surface area contributed by atoms with Gasteiger partial charge in [-0.15, -0.1) is 24.0 Å². The van der Waals surface area contributed by atoms with Gasteiger partial charge in [-0.3, -0.25) is 4.99 Å². The lowest BCUT2D eigenvalue weighted by molar-refractivity contribution is 0.297. The number of fused-ring (bicyclic) bond motifs is 1. The van der Waals surface area contributed by atoms with E-state index in [2.05, 4.69) is 20.8 Å². The molecule has 0 saturated heterocycles. The third-order valence-corrected chi connectivity index (χ3v) is 4.17. The number of hydrogen-bond donors (Lipinski definition) is 2. The number of ether oxygens (including phenoxy) is 2. The fourth-order valence-corrected chi connectivity index (χ4v) is 2.82. The summed E-state index contributed by atoms with van der Waals surface area (Å²) in [4.78, 5) is 4.65. The Morgan fingerprint density at radius 1 is 1.19 bits per heavy atom. The van der Waals surface area contributed by atoms with Gasteiger partial charge in [0.05, 0.1) is 18.9 Å². The lowest BCUT2D eigenvalue weighted by atomic mass is 10.1. The van der Waals surface area contributed by atoms with E-state index in [1.807, 2.05) is 39.0 Å². The largest absolute Gasteiger partial charge is 0.490 e. The Morgan fingerprint density at radius 3 is 2.67 bits per heavy atom. The SMILES string of the molecule is CCNC(=NCCc1c(C)noc1C)Nc1ccc2c(c1)OCCCO2.I. The van der Waals surface area contributed by atoms with E-state index in [1.54, 1.807) is 0 Å². The van der Waals surface area contributed by atoms with Crippen LogP contribution < -0.4 is 20.1 Å². The molecule has 2 aromatic rings. The molecule has 3 rings (SSSR count). The summed E-state index contributed by atoms with van der Waals surface area (Å²) in [6.45, 7) is 8.70. The summed E-state index contributed by atoms with van der Waals surface area (Å²) in [5.74, 6) is 3.14. The first-order valence-electron chi connectivity index (χ1n) is 9.04. The monoisotopic (exact) mass is 486 g/mol. The summed E-state index contributed by atoms with van der Waals surface area (Å²) in [6, 6.07) is 5.84. The second-order valence-corrected chi connectivity index (χ2v) is 6.15. The maximum atomic E-state index is 5.74. The Balaban J connectivity index is 0.00000261. The molecule has 7 nitrogen and oxygen atoms in total. The van der Waals surface area contributed by atoms with Crippen LogP contribution in [0.4, 0.5) is 5.69 Å². The van der Waals surface area contributed by atoms with E-state index in [0.29, 0.717) is 19.8 Å². The van der Waals surface area contributed by atoms with Gasteiger partial charge >= 0.3 is 0 Å². The fraction of sp³-hybridized carbons (Fsp3) is 0.474. The quantitative estimate of drug-likeness (QED) is 0.381. The van der Waals surface area contributed by atoms with Crippen LogP contribution >= 0.6 is 24.0 Å². The Hall–Kier alpha value is -1.97. The molecule has 0 unspecified atom stereocenters. The molecule has 1 aromatic heterocycles. The maximum Gasteiger partial charge on any atom is 0.195 e. The number of halogens is 1. The Kier molecular flexibility index (Phi) is 8.21. The van der Waals surface area contributed by atoms with Crippen molar-refractivity contribution < 1.29 is 14.0 Å².